The lowest BCUT2D eigenvalue weighted by atomic mass is 10.0. The molecule has 0 radical (unpaired) electrons. The highest BCUT2D eigenvalue weighted by Gasteiger charge is 2.39. The van der Waals surface area contributed by atoms with Gasteiger partial charge in [0.1, 0.15) is 0 Å². The summed E-state index contributed by atoms with van der Waals surface area (Å²) in [6.45, 7) is 4.76. The molecular weight excluding hydrogens is 206 g/mol. The molecule has 0 bridgehead atoms. The average molecular weight is 227 g/mol. The van der Waals surface area contributed by atoms with Crippen LogP contribution in [-0.4, -0.2) is 61.2 Å². The van der Waals surface area contributed by atoms with Gasteiger partial charge in [0.05, 0.1) is 31.5 Å². The van der Waals surface area contributed by atoms with E-state index in [1.165, 1.54) is 0 Å². The quantitative estimate of drug-likeness (QED) is 0.734. The molecule has 16 heavy (non-hydrogen) atoms. The molecule has 3 rings (SSSR count). The minimum atomic E-state index is -0.0754. The van der Waals surface area contributed by atoms with Crippen molar-refractivity contribution in [2.45, 2.75) is 37.6 Å². The third-order valence-electron chi connectivity index (χ3n) is 4.09. The first kappa shape index (κ1) is 11.0. The van der Waals surface area contributed by atoms with E-state index in [4.69, 9.17) is 9.47 Å². The van der Waals surface area contributed by atoms with E-state index in [1.54, 1.807) is 0 Å². The molecule has 3 aliphatic rings. The van der Waals surface area contributed by atoms with Gasteiger partial charge in [-0.05, 0) is 19.3 Å². The maximum atomic E-state index is 9.44. The van der Waals surface area contributed by atoms with Gasteiger partial charge in [-0.25, -0.2) is 0 Å². The Morgan fingerprint density at radius 3 is 2.75 bits per heavy atom. The lowest BCUT2D eigenvalue weighted by Crippen LogP contribution is -2.40. The summed E-state index contributed by atoms with van der Waals surface area (Å²) in [5.74, 6) is 0.639. The van der Waals surface area contributed by atoms with Gasteiger partial charge in [0.2, 0.25) is 0 Å². The Morgan fingerprint density at radius 1 is 1.19 bits per heavy atom. The SMILES string of the molecule is OC1CCN(CC2CC3COCC3O2)CC1. The average Bonchev–Trinajstić information content (AvgIpc) is 2.81. The fraction of sp³-hybridized carbons (Fsp3) is 1.00. The number of fused-ring (bicyclic) bond motifs is 1. The molecule has 3 aliphatic heterocycles. The van der Waals surface area contributed by atoms with Crippen LogP contribution in [-0.2, 0) is 9.47 Å². The van der Waals surface area contributed by atoms with Crippen molar-refractivity contribution in [1.82, 2.24) is 4.90 Å². The molecule has 3 unspecified atom stereocenters. The van der Waals surface area contributed by atoms with Gasteiger partial charge in [0.25, 0.3) is 0 Å². The van der Waals surface area contributed by atoms with Crippen LogP contribution in [0.3, 0.4) is 0 Å². The molecular formula is C12H21NO3. The predicted molar refractivity (Wildman–Crippen MR) is 59.3 cm³/mol. The lowest BCUT2D eigenvalue weighted by Gasteiger charge is -2.31. The van der Waals surface area contributed by atoms with Gasteiger partial charge in [0.15, 0.2) is 0 Å². The Kier molecular flexibility index (Phi) is 3.16. The van der Waals surface area contributed by atoms with Gasteiger partial charge in [-0.1, -0.05) is 0 Å². The normalized spacial score (nSPS) is 41.4. The molecule has 4 heteroatoms. The minimum Gasteiger partial charge on any atom is -0.393 e. The molecule has 3 saturated heterocycles. The van der Waals surface area contributed by atoms with Crippen LogP contribution in [0.25, 0.3) is 0 Å². The number of rotatable bonds is 2. The van der Waals surface area contributed by atoms with Crippen LogP contribution < -0.4 is 0 Å². The number of piperidine rings is 1. The van der Waals surface area contributed by atoms with E-state index in [-0.39, 0.29) is 6.10 Å². The molecule has 3 atom stereocenters. The van der Waals surface area contributed by atoms with Crippen molar-refractivity contribution < 1.29 is 14.6 Å². The predicted octanol–water partition coefficient (Wildman–Crippen LogP) is 0.247. The second-order valence-electron chi connectivity index (χ2n) is 5.36. The zero-order chi connectivity index (χ0) is 11.0. The van der Waals surface area contributed by atoms with E-state index < -0.39 is 0 Å². The monoisotopic (exact) mass is 227 g/mol. The molecule has 0 amide bonds. The van der Waals surface area contributed by atoms with Crippen molar-refractivity contribution >= 4 is 0 Å². The number of aliphatic hydroxyl groups is 1. The van der Waals surface area contributed by atoms with Crippen molar-refractivity contribution in [1.29, 1.82) is 0 Å². The number of aliphatic hydroxyl groups excluding tert-OH is 1. The number of hydrogen-bond acceptors (Lipinski definition) is 4. The summed E-state index contributed by atoms with van der Waals surface area (Å²) in [6.07, 6.45) is 3.68. The first-order valence-corrected chi connectivity index (χ1v) is 6.45. The Bertz CT molecular complexity index is 228. The fourth-order valence-corrected chi connectivity index (χ4v) is 3.10. The van der Waals surface area contributed by atoms with Crippen LogP contribution >= 0.6 is 0 Å². The van der Waals surface area contributed by atoms with Crippen molar-refractivity contribution in [2.75, 3.05) is 32.8 Å². The van der Waals surface area contributed by atoms with E-state index in [1.807, 2.05) is 0 Å². The van der Waals surface area contributed by atoms with Gasteiger partial charge in [-0.15, -0.1) is 0 Å². The summed E-state index contributed by atoms with van der Waals surface area (Å²) in [7, 11) is 0. The highest BCUT2D eigenvalue weighted by Crippen LogP contribution is 2.32. The molecule has 0 aliphatic carbocycles. The molecule has 0 aromatic carbocycles. The third-order valence-corrected chi connectivity index (χ3v) is 4.09. The number of ether oxygens (including phenoxy) is 2. The van der Waals surface area contributed by atoms with Crippen LogP contribution in [0.15, 0.2) is 0 Å². The van der Waals surface area contributed by atoms with Crippen molar-refractivity contribution in [2.24, 2.45) is 5.92 Å². The summed E-state index contributed by atoms with van der Waals surface area (Å²) in [6, 6.07) is 0. The van der Waals surface area contributed by atoms with Crippen molar-refractivity contribution in [3.63, 3.8) is 0 Å². The largest absolute Gasteiger partial charge is 0.393 e. The van der Waals surface area contributed by atoms with Crippen molar-refractivity contribution in [3.05, 3.63) is 0 Å². The summed E-state index contributed by atoms with van der Waals surface area (Å²) in [4.78, 5) is 2.43. The Balaban J connectivity index is 1.46. The Hall–Kier alpha value is -0.160. The first-order chi connectivity index (χ1) is 7.81. The molecule has 92 valence electrons. The van der Waals surface area contributed by atoms with Gasteiger partial charge >= 0.3 is 0 Å². The van der Waals surface area contributed by atoms with E-state index >= 15 is 0 Å². The van der Waals surface area contributed by atoms with E-state index in [0.29, 0.717) is 18.1 Å². The van der Waals surface area contributed by atoms with E-state index in [9.17, 15) is 5.11 Å². The van der Waals surface area contributed by atoms with E-state index in [0.717, 1.165) is 52.1 Å². The summed E-state index contributed by atoms with van der Waals surface area (Å²) in [5.41, 5.74) is 0. The summed E-state index contributed by atoms with van der Waals surface area (Å²) in [5, 5.41) is 9.44. The number of likely N-dealkylation sites (tertiary alicyclic amines) is 1. The maximum absolute atomic E-state index is 9.44. The van der Waals surface area contributed by atoms with Gasteiger partial charge < -0.3 is 19.5 Å². The lowest BCUT2D eigenvalue weighted by molar-refractivity contribution is -0.00752. The first-order valence-electron chi connectivity index (χ1n) is 6.45. The van der Waals surface area contributed by atoms with Gasteiger partial charge in [-0.3, -0.25) is 0 Å². The van der Waals surface area contributed by atoms with E-state index in [2.05, 4.69) is 4.90 Å². The highest BCUT2D eigenvalue weighted by molar-refractivity contribution is 4.88. The van der Waals surface area contributed by atoms with Gasteiger partial charge in [-0.2, -0.15) is 0 Å². The zero-order valence-electron chi connectivity index (χ0n) is 9.68. The highest BCUT2D eigenvalue weighted by atomic mass is 16.6. The van der Waals surface area contributed by atoms with Gasteiger partial charge in [0, 0.05) is 25.6 Å². The second-order valence-corrected chi connectivity index (χ2v) is 5.36. The van der Waals surface area contributed by atoms with Crippen molar-refractivity contribution in [3.8, 4) is 0 Å². The van der Waals surface area contributed by atoms with Crippen LogP contribution in [0.4, 0.5) is 0 Å². The molecule has 0 aromatic rings. The number of nitrogens with zero attached hydrogens (tertiary/aromatic N) is 1. The molecule has 0 spiro atoms. The molecule has 0 saturated carbocycles. The molecule has 0 aromatic heterocycles. The molecule has 4 nitrogen and oxygen atoms in total. The third kappa shape index (κ3) is 2.25. The van der Waals surface area contributed by atoms with Crippen LogP contribution in [0.1, 0.15) is 19.3 Å². The topological polar surface area (TPSA) is 41.9 Å². The van der Waals surface area contributed by atoms with Crippen LogP contribution in [0.5, 0.6) is 0 Å². The van der Waals surface area contributed by atoms with Crippen LogP contribution in [0, 0.1) is 5.92 Å². The number of hydrogen-bond donors (Lipinski definition) is 1. The standard InChI is InChI=1S/C12H21NO3/c14-10-1-3-13(4-2-10)6-11-5-9-7-15-8-12(9)16-11/h9-12,14H,1-8H2. The van der Waals surface area contributed by atoms with Crippen LogP contribution in [0.2, 0.25) is 0 Å². The molecule has 3 heterocycles. The smallest absolute Gasteiger partial charge is 0.0863 e. The Labute approximate surface area is 96.5 Å². The minimum absolute atomic E-state index is 0.0754. The zero-order valence-corrected chi connectivity index (χ0v) is 9.68. The molecule has 1 N–H and O–H groups in total. The second kappa shape index (κ2) is 4.61. The summed E-state index contributed by atoms with van der Waals surface area (Å²) >= 11 is 0. The summed E-state index contributed by atoms with van der Waals surface area (Å²) < 4.78 is 11.4. The molecule has 3 fully saturated rings. The maximum Gasteiger partial charge on any atom is 0.0863 e. The Morgan fingerprint density at radius 2 is 2.00 bits per heavy atom. The fourth-order valence-electron chi connectivity index (χ4n) is 3.10.